The third-order valence-corrected chi connectivity index (χ3v) is 2.35. The fraction of sp³-hybridized carbons (Fsp3) is 0.231. The van der Waals surface area contributed by atoms with E-state index in [1.807, 2.05) is 26.1 Å². The van der Waals surface area contributed by atoms with Crippen molar-refractivity contribution in [2.24, 2.45) is 4.99 Å². The number of aromatic amines is 1. The maximum atomic E-state index is 4.47. The quantitative estimate of drug-likeness (QED) is 0.762. The van der Waals surface area contributed by atoms with Crippen molar-refractivity contribution in [3.63, 3.8) is 0 Å². The van der Waals surface area contributed by atoms with Crippen LogP contribution in [0.2, 0.25) is 0 Å². The zero-order chi connectivity index (χ0) is 11.5. The first-order valence-electron chi connectivity index (χ1n) is 5.28. The van der Waals surface area contributed by atoms with Gasteiger partial charge >= 0.3 is 0 Å². The topological polar surface area (TPSA) is 41.0 Å². The van der Waals surface area contributed by atoms with Gasteiger partial charge in [-0.25, -0.2) is 4.98 Å². The van der Waals surface area contributed by atoms with Crippen LogP contribution in [-0.2, 0) is 0 Å². The number of aryl methyl sites for hydroxylation is 1. The summed E-state index contributed by atoms with van der Waals surface area (Å²) in [4.78, 5) is 11.6. The molecular formula is C13H15N3. The van der Waals surface area contributed by atoms with Gasteiger partial charge in [-0.1, -0.05) is 6.07 Å². The summed E-state index contributed by atoms with van der Waals surface area (Å²) in [6, 6.07) is 6.22. The number of benzene rings is 1. The summed E-state index contributed by atoms with van der Waals surface area (Å²) in [6.45, 7) is 6.08. The first-order valence-corrected chi connectivity index (χ1v) is 5.28. The number of H-pyrrole nitrogens is 1. The molecule has 0 unspecified atom stereocenters. The van der Waals surface area contributed by atoms with E-state index in [1.165, 1.54) is 5.56 Å². The normalized spacial score (nSPS) is 10.2. The standard InChI is InChI=1S/C13H15N3/c1-9(2)16-12-5-4-11(6-10(12)3)13-7-14-8-15-13/h4-8H,1-3H3,(H,14,15). The Morgan fingerprint density at radius 2 is 2.12 bits per heavy atom. The highest BCUT2D eigenvalue weighted by Crippen LogP contribution is 2.25. The summed E-state index contributed by atoms with van der Waals surface area (Å²) in [5, 5.41) is 0. The smallest absolute Gasteiger partial charge is 0.0924 e. The molecule has 0 bridgehead atoms. The number of nitrogens with one attached hydrogen (secondary N) is 1. The van der Waals surface area contributed by atoms with Gasteiger partial charge in [0.15, 0.2) is 0 Å². The van der Waals surface area contributed by atoms with Gasteiger partial charge in [0.25, 0.3) is 0 Å². The molecule has 0 aliphatic rings. The molecular weight excluding hydrogens is 198 g/mol. The van der Waals surface area contributed by atoms with Crippen LogP contribution in [-0.4, -0.2) is 15.7 Å². The molecule has 0 saturated heterocycles. The van der Waals surface area contributed by atoms with Gasteiger partial charge in [0.1, 0.15) is 0 Å². The van der Waals surface area contributed by atoms with Crippen molar-refractivity contribution in [2.45, 2.75) is 20.8 Å². The van der Waals surface area contributed by atoms with Gasteiger partial charge in [-0.15, -0.1) is 0 Å². The van der Waals surface area contributed by atoms with Gasteiger partial charge < -0.3 is 4.98 Å². The highest BCUT2D eigenvalue weighted by Gasteiger charge is 2.02. The van der Waals surface area contributed by atoms with Crippen LogP contribution >= 0.6 is 0 Å². The summed E-state index contributed by atoms with van der Waals surface area (Å²) in [7, 11) is 0. The molecule has 2 aromatic rings. The van der Waals surface area contributed by atoms with Gasteiger partial charge in [0.2, 0.25) is 0 Å². The van der Waals surface area contributed by atoms with Crippen molar-refractivity contribution in [3.05, 3.63) is 36.3 Å². The summed E-state index contributed by atoms with van der Waals surface area (Å²) < 4.78 is 0. The Balaban J connectivity index is 2.41. The van der Waals surface area contributed by atoms with Crippen molar-refractivity contribution in [1.29, 1.82) is 0 Å². The molecule has 0 saturated carbocycles. The van der Waals surface area contributed by atoms with E-state index in [2.05, 4.69) is 34.0 Å². The molecule has 0 fully saturated rings. The van der Waals surface area contributed by atoms with Gasteiger partial charge in [0, 0.05) is 5.71 Å². The SMILES string of the molecule is CC(C)=Nc1ccc(-c2cnc[nH]2)cc1C. The Hall–Kier alpha value is -1.90. The second-order valence-electron chi connectivity index (χ2n) is 4.03. The minimum Gasteiger partial charge on any atom is -0.345 e. The molecule has 0 spiro atoms. The Kier molecular flexibility index (Phi) is 2.86. The van der Waals surface area contributed by atoms with E-state index < -0.39 is 0 Å². The molecule has 1 heterocycles. The average molecular weight is 213 g/mol. The van der Waals surface area contributed by atoms with Gasteiger partial charge in [-0.05, 0) is 44.0 Å². The summed E-state index contributed by atoms with van der Waals surface area (Å²) >= 11 is 0. The fourth-order valence-corrected chi connectivity index (χ4v) is 1.60. The molecule has 1 aromatic heterocycles. The highest BCUT2D eigenvalue weighted by atomic mass is 14.9. The second kappa shape index (κ2) is 4.31. The van der Waals surface area contributed by atoms with E-state index >= 15 is 0 Å². The maximum Gasteiger partial charge on any atom is 0.0924 e. The van der Waals surface area contributed by atoms with E-state index in [1.54, 1.807) is 6.33 Å². The van der Waals surface area contributed by atoms with Crippen LogP contribution in [0.1, 0.15) is 19.4 Å². The van der Waals surface area contributed by atoms with E-state index in [9.17, 15) is 0 Å². The predicted molar refractivity (Wildman–Crippen MR) is 67.2 cm³/mol. The molecule has 82 valence electrons. The lowest BCUT2D eigenvalue weighted by molar-refractivity contribution is 1.31. The minimum absolute atomic E-state index is 1.03. The number of nitrogens with zero attached hydrogens (tertiary/aromatic N) is 2. The van der Waals surface area contributed by atoms with Crippen molar-refractivity contribution in [2.75, 3.05) is 0 Å². The molecule has 0 amide bonds. The zero-order valence-electron chi connectivity index (χ0n) is 9.78. The Bertz CT molecular complexity index is 506. The number of aromatic nitrogens is 2. The number of imidazole rings is 1. The van der Waals surface area contributed by atoms with E-state index in [4.69, 9.17) is 0 Å². The van der Waals surface area contributed by atoms with Crippen LogP contribution in [0.4, 0.5) is 5.69 Å². The monoisotopic (exact) mass is 213 g/mol. The maximum absolute atomic E-state index is 4.47. The third kappa shape index (κ3) is 2.19. The molecule has 0 atom stereocenters. The molecule has 3 nitrogen and oxygen atoms in total. The molecule has 0 radical (unpaired) electrons. The zero-order valence-corrected chi connectivity index (χ0v) is 9.78. The first-order chi connectivity index (χ1) is 7.66. The highest BCUT2D eigenvalue weighted by molar-refractivity contribution is 5.82. The van der Waals surface area contributed by atoms with Crippen LogP contribution in [0.5, 0.6) is 0 Å². The second-order valence-corrected chi connectivity index (χ2v) is 4.03. The molecule has 3 heteroatoms. The summed E-state index contributed by atoms with van der Waals surface area (Å²) in [6.07, 6.45) is 3.51. The third-order valence-electron chi connectivity index (χ3n) is 2.35. The van der Waals surface area contributed by atoms with Crippen LogP contribution < -0.4 is 0 Å². The van der Waals surface area contributed by atoms with Crippen LogP contribution in [0.15, 0.2) is 35.7 Å². The summed E-state index contributed by atoms with van der Waals surface area (Å²) in [5.74, 6) is 0. The largest absolute Gasteiger partial charge is 0.345 e. The van der Waals surface area contributed by atoms with Crippen molar-refractivity contribution in [3.8, 4) is 11.3 Å². The molecule has 1 N–H and O–H groups in total. The first kappa shape index (κ1) is 10.6. The lowest BCUT2D eigenvalue weighted by atomic mass is 10.1. The Morgan fingerprint density at radius 1 is 1.31 bits per heavy atom. The number of hydrogen-bond donors (Lipinski definition) is 1. The van der Waals surface area contributed by atoms with E-state index in [0.717, 1.165) is 22.7 Å². The number of aliphatic imine (C=N–C) groups is 1. The Labute approximate surface area is 95.3 Å². The summed E-state index contributed by atoms with van der Waals surface area (Å²) in [5.41, 5.74) is 5.45. The molecule has 2 rings (SSSR count). The average Bonchev–Trinajstić information content (AvgIpc) is 2.73. The fourth-order valence-electron chi connectivity index (χ4n) is 1.60. The number of hydrogen-bond acceptors (Lipinski definition) is 2. The molecule has 0 aliphatic carbocycles. The van der Waals surface area contributed by atoms with Crippen molar-refractivity contribution >= 4 is 11.4 Å². The van der Waals surface area contributed by atoms with Gasteiger partial charge in [-0.3, -0.25) is 4.99 Å². The van der Waals surface area contributed by atoms with Gasteiger partial charge in [-0.2, -0.15) is 0 Å². The van der Waals surface area contributed by atoms with E-state index in [0.29, 0.717) is 0 Å². The van der Waals surface area contributed by atoms with Crippen LogP contribution in [0.3, 0.4) is 0 Å². The lowest BCUT2D eigenvalue weighted by Crippen LogP contribution is -1.83. The molecule has 0 aliphatic heterocycles. The van der Waals surface area contributed by atoms with Gasteiger partial charge in [0.05, 0.1) is 23.9 Å². The van der Waals surface area contributed by atoms with E-state index in [-0.39, 0.29) is 0 Å². The Morgan fingerprint density at radius 3 is 2.69 bits per heavy atom. The number of rotatable bonds is 2. The van der Waals surface area contributed by atoms with Crippen LogP contribution in [0.25, 0.3) is 11.3 Å². The van der Waals surface area contributed by atoms with Crippen molar-refractivity contribution in [1.82, 2.24) is 9.97 Å². The minimum atomic E-state index is 1.03. The van der Waals surface area contributed by atoms with Crippen LogP contribution in [0, 0.1) is 6.92 Å². The lowest BCUT2D eigenvalue weighted by Gasteiger charge is -2.04. The van der Waals surface area contributed by atoms with Crippen molar-refractivity contribution < 1.29 is 0 Å². The molecule has 1 aromatic carbocycles. The molecule has 16 heavy (non-hydrogen) atoms. The predicted octanol–water partition coefficient (Wildman–Crippen LogP) is 3.50.